The first-order chi connectivity index (χ1) is 10.8. The molecule has 0 radical (unpaired) electrons. The molecule has 1 spiro atoms. The molecule has 2 N–H and O–H groups in total. The third kappa shape index (κ3) is 1.36. The topological polar surface area (TPSA) is 50.7 Å². The van der Waals surface area contributed by atoms with Crippen LogP contribution in [0.2, 0.25) is 0 Å². The standard InChI is InChI=1S/C18H21NO3/c1-2-21-14-6-3-10-9-12-11-4-5-13(20)17-18(11,7-8-19-12)15(10)16(14)22-17/h3-6,11-13,17,19-20H,2,7-9H2,1H3/t11-,12+,13-,17-,18-/m0/s1. The first-order valence-corrected chi connectivity index (χ1v) is 8.31. The SMILES string of the molecule is CCOc1ccc2c3c1O[C@H]1[C@@H](O)C=C[C@H]4[C@@H](C2)NCC[C@@]341. The Hall–Kier alpha value is -1.52. The van der Waals surface area contributed by atoms with Crippen LogP contribution in [0.5, 0.6) is 11.5 Å². The van der Waals surface area contributed by atoms with Crippen molar-refractivity contribution < 1.29 is 14.6 Å². The van der Waals surface area contributed by atoms with Gasteiger partial charge in [0.25, 0.3) is 0 Å². The number of aliphatic hydroxyl groups is 1. The van der Waals surface area contributed by atoms with Crippen molar-refractivity contribution in [1.29, 1.82) is 0 Å². The number of ether oxygens (including phenoxy) is 2. The van der Waals surface area contributed by atoms with Gasteiger partial charge in [0.15, 0.2) is 11.5 Å². The minimum atomic E-state index is -0.539. The fourth-order valence-corrected chi connectivity index (χ4v) is 5.24. The molecular weight excluding hydrogens is 278 g/mol. The van der Waals surface area contributed by atoms with Crippen molar-refractivity contribution in [3.63, 3.8) is 0 Å². The van der Waals surface area contributed by atoms with Gasteiger partial charge in [0, 0.05) is 22.9 Å². The smallest absolute Gasteiger partial charge is 0.165 e. The summed E-state index contributed by atoms with van der Waals surface area (Å²) in [5, 5.41) is 14.2. The van der Waals surface area contributed by atoms with Gasteiger partial charge >= 0.3 is 0 Å². The Morgan fingerprint density at radius 1 is 1.41 bits per heavy atom. The van der Waals surface area contributed by atoms with Crippen molar-refractivity contribution in [2.75, 3.05) is 13.2 Å². The molecule has 1 saturated heterocycles. The second-order valence-electron chi connectivity index (χ2n) is 6.85. The van der Waals surface area contributed by atoms with E-state index in [-0.39, 0.29) is 11.5 Å². The van der Waals surface area contributed by atoms with E-state index in [4.69, 9.17) is 9.47 Å². The third-order valence-corrected chi connectivity index (χ3v) is 5.96. The molecule has 2 aliphatic carbocycles. The molecular formula is C18H21NO3. The summed E-state index contributed by atoms with van der Waals surface area (Å²) in [6.45, 7) is 3.60. The Labute approximate surface area is 130 Å². The summed E-state index contributed by atoms with van der Waals surface area (Å²) in [5.74, 6) is 2.12. The summed E-state index contributed by atoms with van der Waals surface area (Å²) in [6, 6.07) is 4.67. The summed E-state index contributed by atoms with van der Waals surface area (Å²) in [4.78, 5) is 0. The predicted octanol–water partition coefficient (Wildman–Crippen LogP) is 1.55. The van der Waals surface area contributed by atoms with Crippen LogP contribution in [0.4, 0.5) is 0 Å². The Morgan fingerprint density at radius 3 is 3.18 bits per heavy atom. The van der Waals surface area contributed by atoms with Gasteiger partial charge in [-0.05, 0) is 37.9 Å². The molecule has 4 nitrogen and oxygen atoms in total. The Balaban J connectivity index is 1.79. The van der Waals surface area contributed by atoms with Crippen LogP contribution >= 0.6 is 0 Å². The molecule has 1 aromatic rings. The second-order valence-corrected chi connectivity index (χ2v) is 6.85. The van der Waals surface area contributed by atoms with Gasteiger partial charge in [0.05, 0.1) is 6.61 Å². The fraction of sp³-hybridized carbons (Fsp3) is 0.556. The molecule has 0 unspecified atom stereocenters. The lowest BCUT2D eigenvalue weighted by atomic mass is 9.54. The summed E-state index contributed by atoms with van der Waals surface area (Å²) < 4.78 is 12.1. The number of piperidine rings is 1. The number of rotatable bonds is 2. The lowest BCUT2D eigenvalue weighted by Crippen LogP contribution is -2.64. The summed E-state index contributed by atoms with van der Waals surface area (Å²) in [5.41, 5.74) is 2.59. The van der Waals surface area contributed by atoms with Crippen LogP contribution in [0.25, 0.3) is 0 Å². The first kappa shape index (κ1) is 13.0. The van der Waals surface area contributed by atoms with E-state index < -0.39 is 6.10 Å². The first-order valence-electron chi connectivity index (χ1n) is 8.31. The summed E-state index contributed by atoms with van der Waals surface area (Å²) >= 11 is 0. The highest BCUT2D eigenvalue weighted by molar-refractivity contribution is 5.62. The van der Waals surface area contributed by atoms with Gasteiger partial charge in [-0.25, -0.2) is 0 Å². The lowest BCUT2D eigenvalue weighted by molar-refractivity contribution is -0.0178. The highest BCUT2D eigenvalue weighted by atomic mass is 16.5. The van der Waals surface area contributed by atoms with Gasteiger partial charge in [0.2, 0.25) is 0 Å². The number of benzene rings is 1. The number of aliphatic hydroxyl groups excluding tert-OH is 1. The van der Waals surface area contributed by atoms with Crippen molar-refractivity contribution in [2.24, 2.45) is 5.92 Å². The molecule has 1 aromatic carbocycles. The van der Waals surface area contributed by atoms with Crippen molar-refractivity contribution in [3.05, 3.63) is 35.4 Å². The fourth-order valence-electron chi connectivity index (χ4n) is 5.24. The molecule has 0 amide bonds. The Morgan fingerprint density at radius 2 is 2.32 bits per heavy atom. The van der Waals surface area contributed by atoms with E-state index in [0.717, 1.165) is 30.9 Å². The van der Waals surface area contributed by atoms with Crippen molar-refractivity contribution in [3.8, 4) is 11.5 Å². The van der Waals surface area contributed by atoms with E-state index in [1.807, 2.05) is 19.1 Å². The minimum absolute atomic E-state index is 0.0832. The zero-order chi connectivity index (χ0) is 14.9. The number of nitrogens with one attached hydrogen (secondary N) is 1. The maximum atomic E-state index is 10.5. The van der Waals surface area contributed by atoms with Crippen LogP contribution < -0.4 is 14.8 Å². The molecule has 1 fully saturated rings. The van der Waals surface area contributed by atoms with E-state index in [1.165, 1.54) is 11.1 Å². The van der Waals surface area contributed by atoms with Gasteiger partial charge in [-0.2, -0.15) is 0 Å². The molecule has 2 bridgehead atoms. The number of hydrogen-bond donors (Lipinski definition) is 2. The molecule has 4 heteroatoms. The molecule has 5 atom stereocenters. The van der Waals surface area contributed by atoms with E-state index in [9.17, 15) is 5.11 Å². The maximum Gasteiger partial charge on any atom is 0.165 e. The van der Waals surface area contributed by atoms with Gasteiger partial charge in [0.1, 0.15) is 12.2 Å². The third-order valence-electron chi connectivity index (χ3n) is 5.96. The van der Waals surface area contributed by atoms with Crippen LogP contribution in [-0.4, -0.2) is 36.5 Å². The zero-order valence-electron chi connectivity index (χ0n) is 12.7. The largest absolute Gasteiger partial charge is 0.490 e. The van der Waals surface area contributed by atoms with Crippen LogP contribution in [0.15, 0.2) is 24.3 Å². The van der Waals surface area contributed by atoms with E-state index in [0.29, 0.717) is 18.6 Å². The monoisotopic (exact) mass is 299 g/mol. The van der Waals surface area contributed by atoms with Crippen molar-refractivity contribution in [2.45, 2.75) is 43.4 Å². The average molecular weight is 299 g/mol. The normalized spacial score (nSPS) is 40.1. The second kappa shape index (κ2) is 4.27. The minimum Gasteiger partial charge on any atom is -0.490 e. The molecule has 116 valence electrons. The molecule has 4 aliphatic rings. The average Bonchev–Trinajstić information content (AvgIpc) is 2.85. The van der Waals surface area contributed by atoms with Crippen molar-refractivity contribution in [1.82, 2.24) is 5.32 Å². The number of hydrogen-bond acceptors (Lipinski definition) is 4. The lowest BCUT2D eigenvalue weighted by Gasteiger charge is -2.53. The highest BCUT2D eigenvalue weighted by Crippen LogP contribution is 2.61. The van der Waals surface area contributed by atoms with Crippen LogP contribution in [0, 0.1) is 5.92 Å². The van der Waals surface area contributed by atoms with E-state index in [2.05, 4.69) is 17.5 Å². The zero-order valence-corrected chi connectivity index (χ0v) is 12.7. The predicted molar refractivity (Wildman–Crippen MR) is 82.5 cm³/mol. The maximum absolute atomic E-state index is 10.5. The Bertz CT molecular complexity index is 671. The van der Waals surface area contributed by atoms with E-state index >= 15 is 0 Å². The van der Waals surface area contributed by atoms with Crippen LogP contribution in [0.3, 0.4) is 0 Å². The van der Waals surface area contributed by atoms with Crippen LogP contribution in [0.1, 0.15) is 24.5 Å². The quantitative estimate of drug-likeness (QED) is 0.814. The highest BCUT2D eigenvalue weighted by Gasteiger charge is 2.63. The van der Waals surface area contributed by atoms with Gasteiger partial charge < -0.3 is 19.9 Å². The van der Waals surface area contributed by atoms with Gasteiger partial charge in [-0.15, -0.1) is 0 Å². The van der Waals surface area contributed by atoms with E-state index in [1.54, 1.807) is 0 Å². The summed E-state index contributed by atoms with van der Waals surface area (Å²) in [7, 11) is 0. The molecule has 2 heterocycles. The van der Waals surface area contributed by atoms with Gasteiger partial charge in [-0.1, -0.05) is 18.2 Å². The van der Waals surface area contributed by atoms with Gasteiger partial charge in [-0.3, -0.25) is 0 Å². The molecule has 5 rings (SSSR count). The summed E-state index contributed by atoms with van der Waals surface area (Å²) in [6.07, 6.45) is 5.45. The van der Waals surface area contributed by atoms with Crippen molar-refractivity contribution >= 4 is 0 Å². The molecule has 0 aromatic heterocycles. The van der Waals surface area contributed by atoms with Crippen LogP contribution in [-0.2, 0) is 11.8 Å². The molecule has 2 aliphatic heterocycles. The molecule has 22 heavy (non-hydrogen) atoms. The Kier molecular flexibility index (Phi) is 2.52. The molecule has 0 saturated carbocycles.